The van der Waals surface area contributed by atoms with Gasteiger partial charge < -0.3 is 0 Å². The van der Waals surface area contributed by atoms with Gasteiger partial charge >= 0.3 is 0 Å². The number of rotatable bonds is 4. The Morgan fingerprint density at radius 2 is 1.84 bits per heavy atom. The molecule has 0 aliphatic heterocycles. The second-order valence-corrected chi connectivity index (χ2v) is 9.67. The fourth-order valence-corrected chi connectivity index (χ4v) is 5.73. The molecule has 0 saturated heterocycles. The normalized spacial score (nSPS) is 22.8. The molecule has 0 radical (unpaired) electrons. The van der Waals surface area contributed by atoms with E-state index in [-0.39, 0.29) is 0 Å². The van der Waals surface area contributed by atoms with Crippen molar-refractivity contribution in [2.45, 2.75) is 52.0 Å². The van der Waals surface area contributed by atoms with Gasteiger partial charge in [0.1, 0.15) is 0 Å². The van der Waals surface area contributed by atoms with Crippen molar-refractivity contribution in [3.8, 4) is 22.4 Å². The van der Waals surface area contributed by atoms with E-state index in [0.29, 0.717) is 5.41 Å². The van der Waals surface area contributed by atoms with E-state index in [1.165, 1.54) is 38.5 Å². The highest BCUT2D eigenvalue weighted by molar-refractivity contribution is 5.87. The Labute approximate surface area is 183 Å². The lowest BCUT2D eigenvalue weighted by Gasteiger charge is -2.46. The van der Waals surface area contributed by atoms with Crippen molar-refractivity contribution >= 4 is 10.9 Å². The summed E-state index contributed by atoms with van der Waals surface area (Å²) in [6.45, 7) is 3.10. The summed E-state index contributed by atoms with van der Waals surface area (Å²) in [6.07, 6.45) is 14.4. The largest absolute Gasteiger partial charge is 0.272 e. The minimum absolute atomic E-state index is 0.469. The van der Waals surface area contributed by atoms with Crippen LogP contribution in [-0.4, -0.2) is 19.7 Å². The number of pyridine rings is 2. The van der Waals surface area contributed by atoms with Crippen LogP contribution in [0.5, 0.6) is 0 Å². The summed E-state index contributed by atoms with van der Waals surface area (Å²) in [6, 6.07) is 14.8. The molecule has 0 spiro atoms. The second-order valence-electron chi connectivity index (χ2n) is 9.67. The fraction of sp³-hybridized carbons (Fsp3) is 0.370. The first kappa shape index (κ1) is 18.7. The zero-order chi connectivity index (χ0) is 20.8. The van der Waals surface area contributed by atoms with Gasteiger partial charge in [0.25, 0.3) is 0 Å². The Morgan fingerprint density at radius 1 is 1.00 bits per heavy atom. The van der Waals surface area contributed by atoms with Crippen molar-refractivity contribution in [3.05, 3.63) is 66.7 Å². The third-order valence-electron chi connectivity index (χ3n) is 7.60. The standard InChI is InChI=1S/C27H28N4/c1-19-4-7-24(26(30-19)22-6-5-21-3-2-14-28-25(21)15-22)23-16-29-31(17-23)18-27-11-8-20(9-12-27)10-13-27/h2-7,14-17,20H,8-13,18H2,1H3. The summed E-state index contributed by atoms with van der Waals surface area (Å²) in [7, 11) is 0. The van der Waals surface area contributed by atoms with Gasteiger partial charge in [0.15, 0.2) is 0 Å². The number of aryl methyl sites for hydroxylation is 1. The highest BCUT2D eigenvalue weighted by Crippen LogP contribution is 2.51. The van der Waals surface area contributed by atoms with Crippen LogP contribution in [0.15, 0.2) is 61.1 Å². The molecule has 3 fully saturated rings. The lowest BCUT2D eigenvalue weighted by Crippen LogP contribution is -2.37. The van der Waals surface area contributed by atoms with Gasteiger partial charge in [-0.25, -0.2) is 0 Å². The summed E-state index contributed by atoms with van der Waals surface area (Å²) < 4.78 is 2.19. The Balaban J connectivity index is 1.36. The number of aromatic nitrogens is 4. The molecule has 2 bridgehead atoms. The minimum Gasteiger partial charge on any atom is -0.272 e. The molecule has 3 saturated carbocycles. The Kier molecular flexibility index (Phi) is 4.41. The van der Waals surface area contributed by atoms with Crippen LogP contribution < -0.4 is 0 Å². The third kappa shape index (κ3) is 3.44. The molecule has 0 atom stereocenters. The van der Waals surface area contributed by atoms with Crippen LogP contribution in [-0.2, 0) is 6.54 Å². The molecule has 0 amide bonds. The topological polar surface area (TPSA) is 43.6 Å². The lowest BCUT2D eigenvalue weighted by atomic mass is 9.61. The predicted octanol–water partition coefficient (Wildman–Crippen LogP) is 6.44. The molecule has 0 unspecified atom stereocenters. The van der Waals surface area contributed by atoms with Crippen LogP contribution in [0.2, 0.25) is 0 Å². The monoisotopic (exact) mass is 408 g/mol. The molecule has 3 aromatic heterocycles. The maximum absolute atomic E-state index is 4.92. The Morgan fingerprint density at radius 3 is 2.68 bits per heavy atom. The SMILES string of the molecule is Cc1ccc(-c2cnn(CC34CCC(CC3)CC4)c2)c(-c2ccc3cccnc3c2)n1. The quantitative estimate of drug-likeness (QED) is 0.390. The molecule has 1 aromatic carbocycles. The van der Waals surface area contributed by atoms with E-state index in [4.69, 9.17) is 10.1 Å². The molecular formula is C27H28N4. The maximum atomic E-state index is 4.92. The highest BCUT2D eigenvalue weighted by Gasteiger charge is 2.40. The van der Waals surface area contributed by atoms with Gasteiger partial charge in [0.2, 0.25) is 0 Å². The van der Waals surface area contributed by atoms with Crippen molar-refractivity contribution in [2.24, 2.45) is 11.3 Å². The first-order valence-electron chi connectivity index (χ1n) is 11.5. The molecule has 4 aromatic rings. The van der Waals surface area contributed by atoms with E-state index < -0.39 is 0 Å². The van der Waals surface area contributed by atoms with Crippen molar-refractivity contribution in [2.75, 3.05) is 0 Å². The summed E-state index contributed by atoms with van der Waals surface area (Å²) in [5, 5.41) is 5.93. The molecule has 0 N–H and O–H groups in total. The van der Waals surface area contributed by atoms with E-state index in [1.54, 1.807) is 0 Å². The molecule has 31 heavy (non-hydrogen) atoms. The summed E-state index contributed by atoms with van der Waals surface area (Å²) >= 11 is 0. The first-order chi connectivity index (χ1) is 15.2. The van der Waals surface area contributed by atoms with Gasteiger partial charge in [-0.05, 0) is 75.0 Å². The second kappa shape index (κ2) is 7.30. The van der Waals surface area contributed by atoms with Crippen molar-refractivity contribution in [3.63, 3.8) is 0 Å². The molecule has 7 rings (SSSR count). The van der Waals surface area contributed by atoms with Gasteiger partial charge in [0.05, 0.1) is 17.4 Å². The van der Waals surface area contributed by atoms with Crippen molar-refractivity contribution < 1.29 is 0 Å². The zero-order valence-corrected chi connectivity index (χ0v) is 18.1. The first-order valence-corrected chi connectivity index (χ1v) is 11.5. The average molecular weight is 409 g/mol. The van der Waals surface area contributed by atoms with Crippen LogP contribution in [0.1, 0.15) is 44.2 Å². The summed E-state index contributed by atoms with van der Waals surface area (Å²) in [5.74, 6) is 0.993. The Hall–Kier alpha value is -3.01. The van der Waals surface area contributed by atoms with Gasteiger partial charge in [-0.15, -0.1) is 0 Å². The maximum Gasteiger partial charge on any atom is 0.0785 e. The number of nitrogens with zero attached hydrogens (tertiary/aromatic N) is 4. The van der Waals surface area contributed by atoms with E-state index in [2.05, 4.69) is 59.2 Å². The van der Waals surface area contributed by atoms with Crippen LogP contribution in [0.3, 0.4) is 0 Å². The van der Waals surface area contributed by atoms with Crippen LogP contribution in [0, 0.1) is 18.3 Å². The fourth-order valence-electron chi connectivity index (χ4n) is 5.73. The zero-order valence-electron chi connectivity index (χ0n) is 18.1. The van der Waals surface area contributed by atoms with Crippen molar-refractivity contribution in [1.29, 1.82) is 0 Å². The minimum atomic E-state index is 0.469. The van der Waals surface area contributed by atoms with Gasteiger partial charge in [-0.3, -0.25) is 14.6 Å². The number of fused-ring (bicyclic) bond motifs is 4. The Bertz CT molecular complexity index is 1230. The van der Waals surface area contributed by atoms with E-state index in [0.717, 1.165) is 51.4 Å². The molecule has 3 aliphatic carbocycles. The van der Waals surface area contributed by atoms with E-state index in [1.807, 2.05) is 18.5 Å². The molecule has 4 heteroatoms. The van der Waals surface area contributed by atoms with E-state index >= 15 is 0 Å². The van der Waals surface area contributed by atoms with E-state index in [9.17, 15) is 0 Å². The number of hydrogen-bond acceptors (Lipinski definition) is 3. The molecule has 3 heterocycles. The molecule has 4 nitrogen and oxygen atoms in total. The third-order valence-corrected chi connectivity index (χ3v) is 7.60. The summed E-state index contributed by atoms with van der Waals surface area (Å²) in [4.78, 5) is 9.46. The van der Waals surface area contributed by atoms with Crippen LogP contribution in [0.4, 0.5) is 0 Å². The van der Waals surface area contributed by atoms with Crippen molar-refractivity contribution in [1.82, 2.24) is 19.7 Å². The summed E-state index contributed by atoms with van der Waals surface area (Å²) in [5.41, 5.74) is 6.87. The number of hydrogen-bond donors (Lipinski definition) is 0. The van der Waals surface area contributed by atoms with Gasteiger partial charge in [-0.2, -0.15) is 5.10 Å². The molecule has 3 aliphatic rings. The average Bonchev–Trinajstić information content (AvgIpc) is 3.27. The predicted molar refractivity (Wildman–Crippen MR) is 125 cm³/mol. The lowest BCUT2D eigenvalue weighted by molar-refractivity contribution is 0.0449. The van der Waals surface area contributed by atoms with Gasteiger partial charge in [-0.1, -0.05) is 24.3 Å². The smallest absolute Gasteiger partial charge is 0.0785 e. The number of benzene rings is 1. The van der Waals surface area contributed by atoms with Gasteiger partial charge in [0, 0.05) is 46.7 Å². The molecule has 156 valence electrons. The van der Waals surface area contributed by atoms with Crippen LogP contribution >= 0.6 is 0 Å². The van der Waals surface area contributed by atoms with Crippen LogP contribution in [0.25, 0.3) is 33.3 Å². The molecular weight excluding hydrogens is 380 g/mol. The highest BCUT2D eigenvalue weighted by atomic mass is 15.3.